The van der Waals surface area contributed by atoms with Crippen LogP contribution in [0.1, 0.15) is 36.7 Å². The Bertz CT molecular complexity index is 1080. The van der Waals surface area contributed by atoms with Crippen LogP contribution in [0.15, 0.2) is 47.4 Å². The first-order valence-electron chi connectivity index (χ1n) is 10.0. The number of carbonyl (C=O) groups is 1. The number of ether oxygens (including phenoxy) is 1. The van der Waals surface area contributed by atoms with E-state index in [2.05, 4.69) is 0 Å². The molecule has 0 unspecified atom stereocenters. The zero-order chi connectivity index (χ0) is 21.6. The first-order chi connectivity index (χ1) is 14.2. The normalized spacial score (nSPS) is 24.7. The fourth-order valence-electron chi connectivity index (χ4n) is 4.31. The molecular weight excluding hydrogens is 424 g/mol. The molecule has 0 aliphatic carbocycles. The van der Waals surface area contributed by atoms with Gasteiger partial charge in [0.05, 0.1) is 17.2 Å². The monoisotopic (exact) mass is 448 g/mol. The number of sulfonamides is 1. The van der Waals surface area contributed by atoms with E-state index in [4.69, 9.17) is 16.3 Å². The van der Waals surface area contributed by atoms with Gasteiger partial charge in [0.1, 0.15) is 4.90 Å². The highest BCUT2D eigenvalue weighted by Gasteiger charge is 2.35. The fourth-order valence-corrected chi connectivity index (χ4v) is 6.41. The summed E-state index contributed by atoms with van der Waals surface area (Å²) < 4.78 is 33.7. The molecule has 3 atom stereocenters. The van der Waals surface area contributed by atoms with Crippen LogP contribution >= 0.6 is 11.6 Å². The lowest BCUT2D eigenvalue weighted by Crippen LogP contribution is -2.48. The Morgan fingerprint density at radius 3 is 2.43 bits per heavy atom. The second kappa shape index (κ2) is 7.96. The molecule has 2 aromatic rings. The van der Waals surface area contributed by atoms with Crippen molar-refractivity contribution in [3.8, 4) is 0 Å². The summed E-state index contributed by atoms with van der Waals surface area (Å²) in [4.78, 5) is 15.0. The number of morpholine rings is 1. The van der Waals surface area contributed by atoms with Crippen LogP contribution in [0.4, 0.5) is 5.69 Å². The van der Waals surface area contributed by atoms with Crippen LogP contribution in [0.25, 0.3) is 0 Å². The third-order valence-electron chi connectivity index (χ3n) is 5.61. The van der Waals surface area contributed by atoms with Crippen LogP contribution in [0.3, 0.4) is 0 Å². The molecule has 1 fully saturated rings. The Morgan fingerprint density at radius 2 is 1.73 bits per heavy atom. The standard InChI is InChI=1S/C22H25ClN2O4S/c1-14-10-17-6-4-5-7-20(17)25(14)22(26)18-8-9-19(23)21(11-18)30(27,28)24-12-15(2)29-16(3)13-24/h4-9,11,14-16H,10,12-13H2,1-3H3/t14-,15-,16-/m1/s1. The number of amides is 1. The smallest absolute Gasteiger partial charge is 0.258 e. The summed E-state index contributed by atoms with van der Waals surface area (Å²) in [6, 6.07) is 12.2. The number of hydrogen-bond donors (Lipinski definition) is 0. The van der Waals surface area contributed by atoms with E-state index in [0.29, 0.717) is 5.56 Å². The minimum absolute atomic E-state index is 0.00780. The third kappa shape index (κ3) is 3.75. The lowest BCUT2D eigenvalue weighted by molar-refractivity contribution is -0.0440. The highest BCUT2D eigenvalue weighted by molar-refractivity contribution is 7.89. The molecule has 1 amide bonds. The SMILES string of the molecule is C[C@@H]1CN(S(=O)(=O)c2cc(C(=O)N3c4ccccc4C[C@H]3C)ccc2Cl)C[C@@H](C)O1. The summed E-state index contributed by atoms with van der Waals surface area (Å²) in [5.74, 6) is -0.232. The van der Waals surface area contributed by atoms with Gasteiger partial charge in [-0.15, -0.1) is 0 Å². The van der Waals surface area contributed by atoms with Gasteiger partial charge in [0.15, 0.2) is 0 Å². The number of para-hydroxylation sites is 1. The molecule has 0 bridgehead atoms. The minimum Gasteiger partial charge on any atom is -0.373 e. The van der Waals surface area contributed by atoms with Crippen LogP contribution in [-0.2, 0) is 21.2 Å². The van der Waals surface area contributed by atoms with E-state index in [1.807, 2.05) is 45.0 Å². The molecule has 0 spiro atoms. The predicted molar refractivity (Wildman–Crippen MR) is 117 cm³/mol. The van der Waals surface area contributed by atoms with E-state index in [-0.39, 0.29) is 47.2 Å². The van der Waals surface area contributed by atoms with Crippen molar-refractivity contribution < 1.29 is 17.9 Å². The topological polar surface area (TPSA) is 66.9 Å². The molecular formula is C22H25ClN2O4S. The summed E-state index contributed by atoms with van der Waals surface area (Å²) in [7, 11) is -3.86. The number of anilines is 1. The van der Waals surface area contributed by atoms with E-state index < -0.39 is 10.0 Å². The van der Waals surface area contributed by atoms with Crippen LogP contribution in [0, 0.1) is 0 Å². The molecule has 0 N–H and O–H groups in total. The Hall–Kier alpha value is -1.93. The molecule has 0 radical (unpaired) electrons. The first kappa shape index (κ1) is 21.3. The maximum Gasteiger partial charge on any atom is 0.258 e. The van der Waals surface area contributed by atoms with Gasteiger partial charge in [0.25, 0.3) is 5.91 Å². The molecule has 0 saturated carbocycles. The van der Waals surface area contributed by atoms with Crippen LogP contribution in [0.5, 0.6) is 0 Å². The molecule has 4 rings (SSSR count). The van der Waals surface area contributed by atoms with Crippen molar-refractivity contribution in [2.24, 2.45) is 0 Å². The van der Waals surface area contributed by atoms with Gasteiger partial charge >= 0.3 is 0 Å². The Kier molecular flexibility index (Phi) is 5.66. The lowest BCUT2D eigenvalue weighted by atomic mass is 10.1. The molecule has 6 nitrogen and oxygen atoms in total. The second-order valence-corrected chi connectivity index (χ2v) is 10.4. The summed E-state index contributed by atoms with van der Waals surface area (Å²) in [6.07, 6.45) is 0.340. The van der Waals surface area contributed by atoms with Gasteiger partial charge in [0.2, 0.25) is 10.0 Å². The highest BCUT2D eigenvalue weighted by Crippen LogP contribution is 2.34. The van der Waals surface area contributed by atoms with E-state index in [1.165, 1.54) is 16.4 Å². The maximum atomic E-state index is 13.3. The van der Waals surface area contributed by atoms with E-state index in [9.17, 15) is 13.2 Å². The van der Waals surface area contributed by atoms with Gasteiger partial charge in [-0.25, -0.2) is 8.42 Å². The summed E-state index contributed by atoms with van der Waals surface area (Å²) in [5.41, 5.74) is 2.28. The number of hydrogen-bond acceptors (Lipinski definition) is 4. The summed E-state index contributed by atoms with van der Waals surface area (Å²) in [5, 5.41) is 0.105. The van der Waals surface area contributed by atoms with Crippen LogP contribution < -0.4 is 4.90 Å². The molecule has 2 heterocycles. The Balaban J connectivity index is 1.69. The first-order valence-corrected chi connectivity index (χ1v) is 11.9. The number of halogens is 1. The third-order valence-corrected chi connectivity index (χ3v) is 7.92. The lowest BCUT2D eigenvalue weighted by Gasteiger charge is -2.34. The minimum atomic E-state index is -3.86. The molecule has 1 saturated heterocycles. The van der Waals surface area contributed by atoms with Crippen molar-refractivity contribution in [3.63, 3.8) is 0 Å². The molecule has 2 aromatic carbocycles. The zero-order valence-electron chi connectivity index (χ0n) is 17.2. The van der Waals surface area contributed by atoms with Gasteiger partial charge in [0, 0.05) is 30.4 Å². The van der Waals surface area contributed by atoms with Crippen LogP contribution in [0.2, 0.25) is 5.02 Å². The van der Waals surface area contributed by atoms with Crippen LogP contribution in [-0.4, -0.2) is 50.0 Å². The van der Waals surface area contributed by atoms with E-state index >= 15 is 0 Å². The number of carbonyl (C=O) groups excluding carboxylic acids is 1. The van der Waals surface area contributed by atoms with Gasteiger partial charge in [-0.3, -0.25) is 4.79 Å². The maximum absolute atomic E-state index is 13.3. The summed E-state index contributed by atoms with van der Waals surface area (Å²) >= 11 is 6.28. The Morgan fingerprint density at radius 1 is 1.07 bits per heavy atom. The molecule has 2 aliphatic rings. The molecule has 30 heavy (non-hydrogen) atoms. The molecule has 0 aromatic heterocycles. The van der Waals surface area contributed by atoms with Crippen molar-refractivity contribution in [3.05, 3.63) is 58.6 Å². The van der Waals surface area contributed by atoms with Crippen molar-refractivity contribution in [1.29, 1.82) is 0 Å². The Labute approximate surface area is 182 Å². The van der Waals surface area contributed by atoms with Crippen molar-refractivity contribution >= 4 is 33.2 Å². The molecule has 2 aliphatic heterocycles. The fraction of sp³-hybridized carbons (Fsp3) is 0.409. The number of benzene rings is 2. The predicted octanol–water partition coefficient (Wildman–Crippen LogP) is 3.73. The van der Waals surface area contributed by atoms with E-state index in [0.717, 1.165) is 17.7 Å². The number of nitrogens with zero attached hydrogens (tertiary/aromatic N) is 2. The van der Waals surface area contributed by atoms with Gasteiger partial charge in [-0.05, 0) is 57.0 Å². The number of rotatable bonds is 3. The van der Waals surface area contributed by atoms with Gasteiger partial charge < -0.3 is 9.64 Å². The van der Waals surface area contributed by atoms with Crippen molar-refractivity contribution in [1.82, 2.24) is 4.31 Å². The molecule has 160 valence electrons. The second-order valence-electron chi connectivity index (χ2n) is 8.08. The average molecular weight is 449 g/mol. The highest BCUT2D eigenvalue weighted by atomic mass is 35.5. The average Bonchev–Trinajstić information content (AvgIpc) is 3.02. The number of fused-ring (bicyclic) bond motifs is 1. The van der Waals surface area contributed by atoms with Crippen molar-refractivity contribution in [2.45, 2.75) is 50.3 Å². The summed E-state index contributed by atoms with van der Waals surface area (Å²) in [6.45, 7) is 6.16. The van der Waals surface area contributed by atoms with Crippen molar-refractivity contribution in [2.75, 3.05) is 18.0 Å². The van der Waals surface area contributed by atoms with E-state index in [1.54, 1.807) is 11.0 Å². The van der Waals surface area contributed by atoms with Gasteiger partial charge in [-0.1, -0.05) is 29.8 Å². The van der Waals surface area contributed by atoms with Gasteiger partial charge in [-0.2, -0.15) is 4.31 Å². The molecule has 8 heteroatoms. The zero-order valence-corrected chi connectivity index (χ0v) is 18.8. The largest absolute Gasteiger partial charge is 0.373 e. The quantitative estimate of drug-likeness (QED) is 0.717.